The second-order valence-electron chi connectivity index (χ2n) is 2.72. The van der Waals surface area contributed by atoms with E-state index in [0.717, 1.165) is 0 Å². The van der Waals surface area contributed by atoms with Gasteiger partial charge in [0.1, 0.15) is 0 Å². The van der Waals surface area contributed by atoms with Crippen molar-refractivity contribution in [2.24, 2.45) is 10.9 Å². The van der Waals surface area contributed by atoms with Crippen molar-refractivity contribution in [3.63, 3.8) is 0 Å². The quantitative estimate of drug-likeness (QED) is 0.363. The van der Waals surface area contributed by atoms with E-state index in [4.69, 9.17) is 5.73 Å². The zero-order chi connectivity index (χ0) is 12.2. The predicted molar refractivity (Wildman–Crippen MR) is 49.3 cm³/mol. The van der Waals surface area contributed by atoms with Crippen molar-refractivity contribution < 1.29 is 22.8 Å². The van der Waals surface area contributed by atoms with Crippen molar-refractivity contribution in [2.45, 2.75) is 6.18 Å². The Morgan fingerprint density at radius 2 is 1.81 bits per heavy atom. The van der Waals surface area contributed by atoms with E-state index in [-0.39, 0.29) is 5.84 Å². The van der Waals surface area contributed by atoms with Gasteiger partial charge in [-0.2, -0.15) is 13.2 Å². The van der Waals surface area contributed by atoms with Crippen molar-refractivity contribution in [3.05, 3.63) is 35.9 Å². The van der Waals surface area contributed by atoms with Crippen molar-refractivity contribution >= 4 is 11.8 Å². The molecule has 1 rings (SSSR count). The van der Waals surface area contributed by atoms with Gasteiger partial charge in [0.25, 0.3) is 0 Å². The van der Waals surface area contributed by atoms with E-state index < -0.39 is 12.1 Å². The zero-order valence-corrected chi connectivity index (χ0v) is 7.86. The SMILES string of the molecule is N/C(=N/OC(=O)C(F)(F)F)c1ccccc1. The Labute approximate surface area is 88.5 Å². The highest BCUT2D eigenvalue weighted by molar-refractivity contribution is 5.97. The van der Waals surface area contributed by atoms with Crippen LogP contribution in [0.15, 0.2) is 35.5 Å². The fourth-order valence-corrected chi connectivity index (χ4v) is 0.804. The summed E-state index contributed by atoms with van der Waals surface area (Å²) < 4.78 is 35.2. The second kappa shape index (κ2) is 4.65. The molecule has 0 aliphatic heterocycles. The average Bonchev–Trinajstić information content (AvgIpc) is 2.25. The van der Waals surface area contributed by atoms with Crippen LogP contribution in [0.3, 0.4) is 0 Å². The minimum absolute atomic E-state index is 0.307. The Morgan fingerprint density at radius 1 is 1.25 bits per heavy atom. The van der Waals surface area contributed by atoms with Crippen LogP contribution in [0, 0.1) is 0 Å². The molecule has 1 aromatic carbocycles. The minimum Gasteiger partial charge on any atom is -0.380 e. The Bertz CT molecular complexity index is 401. The number of nitrogens with two attached hydrogens (primary N) is 1. The molecule has 2 N–H and O–H groups in total. The predicted octanol–water partition coefficient (Wildman–Crippen LogP) is 1.41. The molecule has 0 saturated heterocycles. The summed E-state index contributed by atoms with van der Waals surface area (Å²) in [6.07, 6.45) is -5.08. The van der Waals surface area contributed by atoms with Crippen LogP contribution in [0.5, 0.6) is 0 Å². The van der Waals surface area contributed by atoms with E-state index in [1.807, 2.05) is 0 Å². The number of amidine groups is 1. The van der Waals surface area contributed by atoms with Crippen molar-refractivity contribution in [1.82, 2.24) is 0 Å². The Hall–Kier alpha value is -2.05. The molecular weight excluding hydrogens is 225 g/mol. The smallest absolute Gasteiger partial charge is 0.380 e. The van der Waals surface area contributed by atoms with Crippen LogP contribution < -0.4 is 5.73 Å². The van der Waals surface area contributed by atoms with Gasteiger partial charge in [-0.15, -0.1) is 0 Å². The number of halogens is 3. The van der Waals surface area contributed by atoms with Gasteiger partial charge in [0.15, 0.2) is 5.84 Å². The van der Waals surface area contributed by atoms with Gasteiger partial charge in [0, 0.05) is 5.56 Å². The van der Waals surface area contributed by atoms with Crippen LogP contribution in [0.1, 0.15) is 5.56 Å². The van der Waals surface area contributed by atoms with Crippen LogP contribution in [-0.2, 0) is 9.63 Å². The fourth-order valence-electron chi connectivity index (χ4n) is 0.804. The molecule has 0 aromatic heterocycles. The van der Waals surface area contributed by atoms with Crippen LogP contribution in [0.25, 0.3) is 0 Å². The van der Waals surface area contributed by atoms with Gasteiger partial charge in [-0.05, 0) is 0 Å². The van der Waals surface area contributed by atoms with Gasteiger partial charge in [0.2, 0.25) is 0 Å². The summed E-state index contributed by atoms with van der Waals surface area (Å²) >= 11 is 0. The zero-order valence-electron chi connectivity index (χ0n) is 7.86. The van der Waals surface area contributed by atoms with Gasteiger partial charge in [-0.3, -0.25) is 0 Å². The summed E-state index contributed by atoms with van der Waals surface area (Å²) in [6.45, 7) is 0. The number of oxime groups is 1. The molecule has 7 heteroatoms. The first-order chi connectivity index (χ1) is 7.41. The lowest BCUT2D eigenvalue weighted by Crippen LogP contribution is -2.25. The maximum atomic E-state index is 11.7. The molecule has 86 valence electrons. The third-order valence-corrected chi connectivity index (χ3v) is 1.53. The summed E-state index contributed by atoms with van der Waals surface area (Å²) in [5.41, 5.74) is 5.65. The van der Waals surface area contributed by atoms with Gasteiger partial charge in [-0.25, -0.2) is 4.79 Å². The first kappa shape index (κ1) is 12.0. The third-order valence-electron chi connectivity index (χ3n) is 1.53. The maximum absolute atomic E-state index is 11.7. The average molecular weight is 232 g/mol. The van der Waals surface area contributed by atoms with E-state index in [9.17, 15) is 18.0 Å². The minimum atomic E-state index is -5.08. The molecule has 0 atom stereocenters. The second-order valence-corrected chi connectivity index (χ2v) is 2.72. The molecule has 0 radical (unpaired) electrons. The number of rotatable bonds is 2. The summed E-state index contributed by atoms with van der Waals surface area (Å²) in [5, 5.41) is 2.89. The Morgan fingerprint density at radius 3 is 2.31 bits per heavy atom. The number of hydrogen-bond donors (Lipinski definition) is 1. The molecule has 0 amide bonds. The number of nitrogens with zero attached hydrogens (tertiary/aromatic N) is 1. The third kappa shape index (κ3) is 3.26. The molecule has 1 aromatic rings. The van der Waals surface area contributed by atoms with Gasteiger partial charge in [0.05, 0.1) is 0 Å². The molecule has 0 saturated carbocycles. The number of hydrogen-bond acceptors (Lipinski definition) is 3. The largest absolute Gasteiger partial charge is 0.493 e. The standard InChI is InChI=1S/C9H7F3N2O2/c10-9(11,12)8(15)16-14-7(13)6-4-2-1-3-5-6/h1-5H,(H2,13,14). The number of carbonyl (C=O) groups excluding carboxylic acids is 1. The highest BCUT2D eigenvalue weighted by atomic mass is 19.4. The van der Waals surface area contributed by atoms with E-state index >= 15 is 0 Å². The van der Waals surface area contributed by atoms with E-state index in [1.54, 1.807) is 18.2 Å². The topological polar surface area (TPSA) is 64.7 Å². The molecule has 4 nitrogen and oxygen atoms in total. The van der Waals surface area contributed by atoms with Gasteiger partial charge >= 0.3 is 12.1 Å². The molecule has 16 heavy (non-hydrogen) atoms. The molecule has 0 spiro atoms. The summed E-state index contributed by atoms with van der Waals surface area (Å²) in [4.78, 5) is 13.9. The molecule has 0 bridgehead atoms. The molecule has 0 unspecified atom stereocenters. The normalized spacial score (nSPS) is 12.3. The van der Waals surface area contributed by atoms with Gasteiger partial charge in [-0.1, -0.05) is 35.5 Å². The van der Waals surface area contributed by atoms with Gasteiger partial charge < -0.3 is 10.6 Å². The number of carbonyl (C=O) groups is 1. The van der Waals surface area contributed by atoms with Crippen LogP contribution in [-0.4, -0.2) is 18.0 Å². The lowest BCUT2D eigenvalue weighted by molar-refractivity contribution is -0.199. The highest BCUT2D eigenvalue weighted by Gasteiger charge is 2.41. The van der Waals surface area contributed by atoms with Crippen molar-refractivity contribution in [2.75, 3.05) is 0 Å². The molecule has 0 aliphatic rings. The summed E-state index contributed by atoms with van der Waals surface area (Å²) in [7, 11) is 0. The lowest BCUT2D eigenvalue weighted by Gasteiger charge is -2.02. The maximum Gasteiger partial charge on any atom is 0.493 e. The Kier molecular flexibility index (Phi) is 3.49. The fraction of sp³-hybridized carbons (Fsp3) is 0.111. The molecule has 0 heterocycles. The summed E-state index contributed by atoms with van der Waals surface area (Å²) in [5.74, 6) is -2.72. The van der Waals surface area contributed by atoms with E-state index in [2.05, 4.69) is 9.99 Å². The molecule has 0 fully saturated rings. The monoisotopic (exact) mass is 232 g/mol. The molecule has 0 aliphatic carbocycles. The van der Waals surface area contributed by atoms with Crippen LogP contribution in [0.2, 0.25) is 0 Å². The summed E-state index contributed by atoms with van der Waals surface area (Å²) in [6, 6.07) is 7.95. The number of alkyl halides is 3. The first-order valence-electron chi connectivity index (χ1n) is 4.08. The highest BCUT2D eigenvalue weighted by Crippen LogP contribution is 2.16. The number of benzene rings is 1. The lowest BCUT2D eigenvalue weighted by atomic mass is 10.2. The van der Waals surface area contributed by atoms with E-state index in [1.165, 1.54) is 12.1 Å². The van der Waals surface area contributed by atoms with E-state index in [0.29, 0.717) is 5.56 Å². The van der Waals surface area contributed by atoms with Crippen molar-refractivity contribution in [1.29, 1.82) is 0 Å². The van der Waals surface area contributed by atoms with Crippen LogP contribution in [0.4, 0.5) is 13.2 Å². The first-order valence-corrected chi connectivity index (χ1v) is 4.08. The Balaban J connectivity index is 2.70. The molecular formula is C9H7F3N2O2. The van der Waals surface area contributed by atoms with Crippen molar-refractivity contribution in [3.8, 4) is 0 Å². The van der Waals surface area contributed by atoms with Crippen LogP contribution >= 0.6 is 0 Å².